The lowest BCUT2D eigenvalue weighted by atomic mass is 10.2. The van der Waals surface area contributed by atoms with Gasteiger partial charge in [0.1, 0.15) is 0 Å². The van der Waals surface area contributed by atoms with Crippen LogP contribution >= 0.6 is 0 Å². The minimum Gasteiger partial charge on any atom is -0.347 e. The number of carbonyl (C=O) groups excluding carboxylic acids is 1. The summed E-state index contributed by atoms with van der Waals surface area (Å²) in [5, 5.41) is 2.74. The highest BCUT2D eigenvalue weighted by Gasteiger charge is 2.09. The number of carbonyl (C=O) groups is 1. The van der Waals surface area contributed by atoms with Gasteiger partial charge in [0.25, 0.3) is 5.91 Å². The van der Waals surface area contributed by atoms with Crippen molar-refractivity contribution in [3.8, 4) is 0 Å². The van der Waals surface area contributed by atoms with Crippen molar-refractivity contribution in [3.63, 3.8) is 0 Å². The molecule has 14 heavy (non-hydrogen) atoms. The van der Waals surface area contributed by atoms with Gasteiger partial charge in [-0.25, -0.2) is 0 Å². The summed E-state index contributed by atoms with van der Waals surface area (Å²) in [6.45, 7) is 0.712. The topological polar surface area (TPSA) is 81.1 Å². The molecule has 0 atom stereocenters. The zero-order valence-corrected chi connectivity index (χ0v) is 7.94. The Morgan fingerprint density at radius 1 is 1.21 bits per heavy atom. The first-order valence-corrected chi connectivity index (χ1v) is 4.54. The number of rotatable bonds is 4. The molecule has 0 fully saturated rings. The van der Waals surface area contributed by atoms with E-state index in [1.165, 1.54) is 0 Å². The quantitative estimate of drug-likeness (QED) is 0.614. The summed E-state index contributed by atoms with van der Waals surface area (Å²) in [5.74, 6) is -0.133. The molecule has 1 aromatic carbocycles. The first kappa shape index (κ1) is 10.7. The predicted molar refractivity (Wildman–Crippen MR) is 55.8 cm³/mol. The van der Waals surface area contributed by atoms with E-state index in [1.54, 1.807) is 12.1 Å². The van der Waals surface area contributed by atoms with Crippen LogP contribution in [0.5, 0.6) is 0 Å². The molecule has 0 aliphatic rings. The second-order valence-corrected chi connectivity index (χ2v) is 3.01. The molecule has 0 saturated heterocycles. The second-order valence-electron chi connectivity index (χ2n) is 3.01. The fourth-order valence-corrected chi connectivity index (χ4v) is 1.07. The van der Waals surface area contributed by atoms with Gasteiger partial charge in [-0.2, -0.15) is 0 Å². The van der Waals surface area contributed by atoms with Gasteiger partial charge >= 0.3 is 0 Å². The highest BCUT2D eigenvalue weighted by molar-refractivity contribution is 5.94. The van der Waals surface area contributed by atoms with Gasteiger partial charge in [-0.1, -0.05) is 18.2 Å². The van der Waals surface area contributed by atoms with Crippen molar-refractivity contribution in [2.24, 2.45) is 11.5 Å². The smallest absolute Gasteiger partial charge is 0.251 e. The first-order valence-electron chi connectivity index (χ1n) is 4.54. The Hall–Kier alpha value is -1.39. The van der Waals surface area contributed by atoms with Crippen LogP contribution in [-0.2, 0) is 0 Å². The Labute approximate surface area is 83.3 Å². The Morgan fingerprint density at radius 3 is 2.29 bits per heavy atom. The summed E-state index contributed by atoms with van der Waals surface area (Å²) in [5.41, 5.74) is 11.5. The van der Waals surface area contributed by atoms with E-state index in [1.807, 2.05) is 18.2 Å². The molecule has 1 amide bonds. The van der Waals surface area contributed by atoms with Crippen molar-refractivity contribution in [1.82, 2.24) is 5.32 Å². The minimum atomic E-state index is -0.150. The number of nitrogens with one attached hydrogen (secondary N) is 1. The van der Waals surface area contributed by atoms with Crippen LogP contribution in [-0.4, -0.2) is 25.0 Å². The lowest BCUT2D eigenvalue weighted by Gasteiger charge is -2.14. The molecule has 0 unspecified atom stereocenters. The molecule has 76 valence electrons. The maximum Gasteiger partial charge on any atom is 0.251 e. The van der Waals surface area contributed by atoms with Crippen molar-refractivity contribution in [2.75, 3.05) is 13.1 Å². The predicted octanol–water partition coefficient (Wildman–Crippen LogP) is -0.298. The lowest BCUT2D eigenvalue weighted by molar-refractivity contribution is 0.0939. The largest absolute Gasteiger partial charge is 0.347 e. The number of amides is 1. The van der Waals surface area contributed by atoms with Gasteiger partial charge in [0.05, 0.1) is 6.04 Å². The molecule has 1 rings (SSSR count). The van der Waals surface area contributed by atoms with Crippen LogP contribution in [0, 0.1) is 0 Å². The molecular formula is C10H15N3O. The fourth-order valence-electron chi connectivity index (χ4n) is 1.07. The van der Waals surface area contributed by atoms with Crippen molar-refractivity contribution in [2.45, 2.75) is 6.04 Å². The fraction of sp³-hybridized carbons (Fsp3) is 0.300. The average Bonchev–Trinajstić information content (AvgIpc) is 2.26. The SMILES string of the molecule is NCC(CN)NC(=O)c1ccccc1. The van der Waals surface area contributed by atoms with Crippen molar-refractivity contribution < 1.29 is 4.79 Å². The van der Waals surface area contributed by atoms with E-state index in [-0.39, 0.29) is 11.9 Å². The molecule has 0 bridgehead atoms. The summed E-state index contributed by atoms with van der Waals surface area (Å²) >= 11 is 0. The summed E-state index contributed by atoms with van der Waals surface area (Å²) in [6.07, 6.45) is 0. The molecule has 0 aromatic heterocycles. The van der Waals surface area contributed by atoms with Gasteiger partial charge in [-0.15, -0.1) is 0 Å². The third-order valence-corrected chi connectivity index (χ3v) is 1.94. The van der Waals surface area contributed by atoms with Crippen molar-refractivity contribution >= 4 is 5.91 Å². The van der Waals surface area contributed by atoms with Crippen LogP contribution in [0.2, 0.25) is 0 Å². The van der Waals surface area contributed by atoms with Crippen LogP contribution in [0.3, 0.4) is 0 Å². The Balaban J connectivity index is 2.59. The molecule has 0 radical (unpaired) electrons. The molecule has 4 nitrogen and oxygen atoms in total. The number of benzene rings is 1. The molecule has 0 saturated carbocycles. The summed E-state index contributed by atoms with van der Waals surface area (Å²) in [6, 6.07) is 8.84. The molecule has 0 aliphatic carbocycles. The van der Waals surface area contributed by atoms with E-state index < -0.39 is 0 Å². The molecular weight excluding hydrogens is 178 g/mol. The van der Waals surface area contributed by atoms with Crippen LogP contribution in [0.15, 0.2) is 30.3 Å². The molecule has 5 N–H and O–H groups in total. The van der Waals surface area contributed by atoms with Gasteiger partial charge < -0.3 is 16.8 Å². The first-order chi connectivity index (χ1) is 6.77. The van der Waals surface area contributed by atoms with Crippen molar-refractivity contribution in [3.05, 3.63) is 35.9 Å². The summed E-state index contributed by atoms with van der Waals surface area (Å²) < 4.78 is 0. The highest BCUT2D eigenvalue weighted by atomic mass is 16.1. The number of hydrogen-bond acceptors (Lipinski definition) is 3. The zero-order chi connectivity index (χ0) is 10.4. The van der Waals surface area contributed by atoms with Gasteiger partial charge in [0, 0.05) is 18.7 Å². The van der Waals surface area contributed by atoms with Crippen LogP contribution in [0.1, 0.15) is 10.4 Å². The van der Waals surface area contributed by atoms with E-state index >= 15 is 0 Å². The molecule has 0 aliphatic heterocycles. The zero-order valence-electron chi connectivity index (χ0n) is 7.94. The van der Waals surface area contributed by atoms with E-state index in [2.05, 4.69) is 5.32 Å². The van der Waals surface area contributed by atoms with E-state index in [4.69, 9.17) is 11.5 Å². The van der Waals surface area contributed by atoms with Gasteiger partial charge in [0.2, 0.25) is 0 Å². The van der Waals surface area contributed by atoms with Crippen LogP contribution in [0.25, 0.3) is 0 Å². The number of hydrogen-bond donors (Lipinski definition) is 3. The monoisotopic (exact) mass is 193 g/mol. The molecule has 4 heteroatoms. The van der Waals surface area contributed by atoms with Crippen molar-refractivity contribution in [1.29, 1.82) is 0 Å². The second kappa shape index (κ2) is 5.36. The Morgan fingerprint density at radius 2 is 1.79 bits per heavy atom. The molecule has 0 spiro atoms. The van der Waals surface area contributed by atoms with E-state index in [9.17, 15) is 4.79 Å². The highest BCUT2D eigenvalue weighted by Crippen LogP contribution is 1.98. The minimum absolute atomic E-state index is 0.133. The maximum absolute atomic E-state index is 11.6. The third-order valence-electron chi connectivity index (χ3n) is 1.94. The lowest BCUT2D eigenvalue weighted by Crippen LogP contribution is -2.45. The summed E-state index contributed by atoms with van der Waals surface area (Å²) in [4.78, 5) is 11.6. The number of nitrogens with two attached hydrogens (primary N) is 2. The van der Waals surface area contributed by atoms with Crippen LogP contribution < -0.4 is 16.8 Å². The van der Waals surface area contributed by atoms with Crippen LogP contribution in [0.4, 0.5) is 0 Å². The van der Waals surface area contributed by atoms with E-state index in [0.29, 0.717) is 18.7 Å². The Bertz CT molecular complexity index is 283. The summed E-state index contributed by atoms with van der Waals surface area (Å²) in [7, 11) is 0. The Kier molecular flexibility index (Phi) is 4.10. The average molecular weight is 193 g/mol. The third kappa shape index (κ3) is 2.83. The van der Waals surface area contributed by atoms with Gasteiger partial charge in [0.15, 0.2) is 0 Å². The van der Waals surface area contributed by atoms with E-state index in [0.717, 1.165) is 0 Å². The van der Waals surface area contributed by atoms with Gasteiger partial charge in [-0.05, 0) is 12.1 Å². The maximum atomic E-state index is 11.6. The normalized spacial score (nSPS) is 10.2. The molecule has 1 aromatic rings. The standard InChI is InChI=1S/C10H15N3O/c11-6-9(7-12)13-10(14)8-4-2-1-3-5-8/h1-5,9H,6-7,11-12H2,(H,13,14). The van der Waals surface area contributed by atoms with Gasteiger partial charge in [-0.3, -0.25) is 4.79 Å². The molecule has 0 heterocycles.